The van der Waals surface area contributed by atoms with E-state index < -0.39 is 0 Å². The average Bonchev–Trinajstić information content (AvgIpc) is 3.06. The van der Waals surface area contributed by atoms with Crippen molar-refractivity contribution in [2.45, 2.75) is 12.7 Å². The Kier molecular flexibility index (Phi) is 5.55. The number of hydrogen-bond donors (Lipinski definition) is 0. The Morgan fingerprint density at radius 1 is 1.13 bits per heavy atom. The maximum absolute atomic E-state index is 6.37. The molecule has 1 heterocycles. The summed E-state index contributed by atoms with van der Waals surface area (Å²) in [7, 11) is 0. The molecule has 23 heavy (non-hydrogen) atoms. The zero-order chi connectivity index (χ0) is 16.1. The molecule has 1 aliphatic rings. The lowest BCUT2D eigenvalue weighted by Gasteiger charge is -2.24. The molecule has 1 unspecified atom stereocenters. The summed E-state index contributed by atoms with van der Waals surface area (Å²) in [5.74, 6) is 0. The molecule has 0 aliphatic carbocycles. The van der Waals surface area contributed by atoms with E-state index in [1.54, 1.807) is 6.07 Å². The first kappa shape index (κ1) is 16.3. The van der Waals surface area contributed by atoms with Crippen molar-refractivity contribution in [3.05, 3.63) is 69.7 Å². The van der Waals surface area contributed by atoms with Crippen LogP contribution >= 0.6 is 23.2 Å². The first-order valence-corrected chi connectivity index (χ1v) is 8.32. The van der Waals surface area contributed by atoms with Crippen LogP contribution in [0.1, 0.15) is 17.2 Å². The molecule has 3 rings (SSSR count). The molecule has 0 radical (unpaired) electrons. The van der Waals surface area contributed by atoms with Crippen molar-refractivity contribution in [3.63, 3.8) is 0 Å². The lowest BCUT2D eigenvalue weighted by atomic mass is 10.1. The molecule has 0 fully saturated rings. The SMILES string of the molecule is Clc1ccc(C(CN2C=NCC2)OCc2ccccc2)c(Cl)c1. The topological polar surface area (TPSA) is 24.8 Å². The monoisotopic (exact) mass is 348 g/mol. The minimum absolute atomic E-state index is 0.135. The maximum atomic E-state index is 6.37. The van der Waals surface area contributed by atoms with Crippen molar-refractivity contribution in [1.82, 2.24) is 4.90 Å². The third-order valence-corrected chi connectivity index (χ3v) is 4.33. The van der Waals surface area contributed by atoms with Gasteiger partial charge in [0, 0.05) is 28.7 Å². The van der Waals surface area contributed by atoms with Crippen molar-refractivity contribution >= 4 is 29.5 Å². The largest absolute Gasteiger partial charge is 0.367 e. The Morgan fingerprint density at radius 3 is 2.65 bits per heavy atom. The Morgan fingerprint density at radius 2 is 1.96 bits per heavy atom. The number of hydrogen-bond acceptors (Lipinski definition) is 3. The molecule has 5 heteroatoms. The van der Waals surface area contributed by atoms with E-state index in [0.717, 1.165) is 30.8 Å². The molecule has 0 aromatic heterocycles. The number of rotatable bonds is 6. The van der Waals surface area contributed by atoms with Crippen LogP contribution < -0.4 is 0 Å². The minimum Gasteiger partial charge on any atom is -0.367 e. The average molecular weight is 349 g/mol. The van der Waals surface area contributed by atoms with E-state index in [9.17, 15) is 0 Å². The molecule has 1 atom stereocenters. The van der Waals surface area contributed by atoms with Crippen LogP contribution in [0, 0.1) is 0 Å². The lowest BCUT2D eigenvalue weighted by Crippen LogP contribution is -2.27. The highest BCUT2D eigenvalue weighted by Gasteiger charge is 2.20. The van der Waals surface area contributed by atoms with E-state index in [2.05, 4.69) is 22.0 Å². The normalized spacial score (nSPS) is 15.1. The van der Waals surface area contributed by atoms with Crippen LogP contribution in [0.5, 0.6) is 0 Å². The maximum Gasteiger partial charge on any atom is 0.102 e. The molecule has 0 bridgehead atoms. The highest BCUT2D eigenvalue weighted by molar-refractivity contribution is 6.35. The van der Waals surface area contributed by atoms with Gasteiger partial charge in [-0.2, -0.15) is 0 Å². The molecule has 0 saturated heterocycles. The Labute approximate surface area is 146 Å². The van der Waals surface area contributed by atoms with Gasteiger partial charge in [-0.15, -0.1) is 0 Å². The molecule has 2 aromatic carbocycles. The summed E-state index contributed by atoms with van der Waals surface area (Å²) in [6.45, 7) is 3.00. The fourth-order valence-electron chi connectivity index (χ4n) is 2.54. The summed E-state index contributed by atoms with van der Waals surface area (Å²) in [5.41, 5.74) is 2.09. The van der Waals surface area contributed by atoms with Crippen LogP contribution in [-0.4, -0.2) is 30.9 Å². The Hall–Kier alpha value is -1.55. The lowest BCUT2D eigenvalue weighted by molar-refractivity contribution is 0.0277. The van der Waals surface area contributed by atoms with Crippen LogP contribution in [0.4, 0.5) is 0 Å². The van der Waals surface area contributed by atoms with Gasteiger partial charge in [0.2, 0.25) is 0 Å². The number of ether oxygens (including phenoxy) is 1. The second kappa shape index (κ2) is 7.82. The first-order chi connectivity index (χ1) is 11.2. The second-order valence-corrected chi connectivity index (χ2v) is 6.31. The number of aliphatic imine (C=N–C) groups is 1. The summed E-state index contributed by atoms with van der Waals surface area (Å²) < 4.78 is 6.17. The predicted molar refractivity (Wildman–Crippen MR) is 95.4 cm³/mol. The molecule has 3 nitrogen and oxygen atoms in total. The number of nitrogens with zero attached hydrogens (tertiary/aromatic N) is 2. The van der Waals surface area contributed by atoms with Crippen molar-refractivity contribution in [1.29, 1.82) is 0 Å². The molecule has 0 spiro atoms. The van der Waals surface area contributed by atoms with Gasteiger partial charge < -0.3 is 9.64 Å². The van der Waals surface area contributed by atoms with E-state index >= 15 is 0 Å². The molecular formula is C18H18Cl2N2O. The highest BCUT2D eigenvalue weighted by Crippen LogP contribution is 2.30. The molecule has 0 amide bonds. The van der Waals surface area contributed by atoms with Gasteiger partial charge in [0.15, 0.2) is 0 Å². The first-order valence-electron chi connectivity index (χ1n) is 7.57. The van der Waals surface area contributed by atoms with Crippen LogP contribution in [0.15, 0.2) is 53.5 Å². The summed E-state index contributed by atoms with van der Waals surface area (Å²) in [5, 5.41) is 1.26. The van der Waals surface area contributed by atoms with Gasteiger partial charge in [0.1, 0.15) is 6.10 Å². The third-order valence-electron chi connectivity index (χ3n) is 3.76. The quantitative estimate of drug-likeness (QED) is 0.762. The van der Waals surface area contributed by atoms with E-state index in [4.69, 9.17) is 27.9 Å². The van der Waals surface area contributed by atoms with Gasteiger partial charge >= 0.3 is 0 Å². The molecular weight excluding hydrogens is 331 g/mol. The van der Waals surface area contributed by atoms with Crippen LogP contribution in [-0.2, 0) is 11.3 Å². The highest BCUT2D eigenvalue weighted by atomic mass is 35.5. The predicted octanol–water partition coefficient (Wildman–Crippen LogP) is 4.60. The standard InChI is InChI=1S/C18H18Cl2N2O/c19-15-6-7-16(17(20)10-15)18(11-22-9-8-21-13-22)23-12-14-4-2-1-3-5-14/h1-7,10,13,18H,8-9,11-12H2. The van der Waals surface area contributed by atoms with Gasteiger partial charge in [-0.05, 0) is 17.7 Å². The molecule has 0 saturated carbocycles. The van der Waals surface area contributed by atoms with Crippen molar-refractivity contribution in [2.75, 3.05) is 19.6 Å². The molecule has 1 aliphatic heterocycles. The van der Waals surface area contributed by atoms with E-state index in [1.807, 2.05) is 36.7 Å². The summed E-state index contributed by atoms with van der Waals surface area (Å²) in [4.78, 5) is 6.41. The van der Waals surface area contributed by atoms with Crippen LogP contribution in [0.2, 0.25) is 10.0 Å². The zero-order valence-corrected chi connectivity index (χ0v) is 14.2. The van der Waals surface area contributed by atoms with Crippen molar-refractivity contribution < 1.29 is 4.74 Å². The smallest absolute Gasteiger partial charge is 0.102 e. The summed E-state index contributed by atoms with van der Waals surface area (Å²) >= 11 is 12.4. The van der Waals surface area contributed by atoms with Gasteiger partial charge in [0.25, 0.3) is 0 Å². The fourth-order valence-corrected chi connectivity index (χ4v) is 3.07. The Bertz CT molecular complexity index is 676. The van der Waals surface area contributed by atoms with Crippen molar-refractivity contribution in [2.24, 2.45) is 4.99 Å². The number of halogens is 2. The third kappa shape index (κ3) is 4.47. The molecule has 2 aromatic rings. The van der Waals surface area contributed by atoms with Gasteiger partial charge in [0.05, 0.1) is 19.5 Å². The minimum atomic E-state index is -0.135. The van der Waals surface area contributed by atoms with Crippen LogP contribution in [0.3, 0.4) is 0 Å². The Balaban J connectivity index is 1.76. The van der Waals surface area contributed by atoms with Gasteiger partial charge in [-0.25, -0.2) is 0 Å². The van der Waals surface area contributed by atoms with Crippen molar-refractivity contribution in [3.8, 4) is 0 Å². The van der Waals surface area contributed by atoms with E-state index in [1.165, 1.54) is 0 Å². The zero-order valence-electron chi connectivity index (χ0n) is 12.7. The van der Waals surface area contributed by atoms with E-state index in [0.29, 0.717) is 16.7 Å². The van der Waals surface area contributed by atoms with Gasteiger partial charge in [-0.3, -0.25) is 4.99 Å². The molecule has 0 N–H and O–H groups in total. The summed E-state index contributed by atoms with van der Waals surface area (Å²) in [6.07, 6.45) is 1.74. The molecule has 120 valence electrons. The number of benzene rings is 2. The second-order valence-electron chi connectivity index (χ2n) is 5.47. The fraction of sp³-hybridized carbons (Fsp3) is 0.278. The van der Waals surface area contributed by atoms with E-state index in [-0.39, 0.29) is 6.10 Å². The summed E-state index contributed by atoms with van der Waals surface area (Å²) in [6, 6.07) is 15.7. The van der Waals surface area contributed by atoms with Gasteiger partial charge in [-0.1, -0.05) is 59.6 Å². The van der Waals surface area contributed by atoms with Crippen LogP contribution in [0.25, 0.3) is 0 Å².